The van der Waals surface area contributed by atoms with Crippen LogP contribution in [0.25, 0.3) is 0 Å². The lowest BCUT2D eigenvalue weighted by Crippen LogP contribution is -2.21. The van der Waals surface area contributed by atoms with Gasteiger partial charge in [-0.1, -0.05) is 31.4 Å². The summed E-state index contributed by atoms with van der Waals surface area (Å²) >= 11 is 6.30. The lowest BCUT2D eigenvalue weighted by atomic mass is 10.1. The average molecular weight is 352 g/mol. The normalized spacial score (nSPS) is 13.8. The zero-order valence-electron chi connectivity index (χ0n) is 14.3. The fourth-order valence-corrected chi connectivity index (χ4v) is 2.86. The Balaban J connectivity index is 1.97. The largest absolute Gasteiger partial charge is 0.494 e. The summed E-state index contributed by atoms with van der Waals surface area (Å²) in [6.45, 7) is 4.26. The highest BCUT2D eigenvalue weighted by molar-refractivity contribution is 6.32. The molecule has 2 rings (SSSR count). The van der Waals surface area contributed by atoms with E-state index in [1.165, 1.54) is 12.8 Å². The minimum Gasteiger partial charge on any atom is -0.494 e. The van der Waals surface area contributed by atoms with Crippen molar-refractivity contribution in [3.05, 3.63) is 40.8 Å². The van der Waals surface area contributed by atoms with E-state index in [-0.39, 0.29) is 0 Å². The molecule has 1 aromatic rings. The Kier molecular flexibility index (Phi) is 6.67. The van der Waals surface area contributed by atoms with Gasteiger partial charge >= 0.3 is 0 Å². The zero-order valence-corrected chi connectivity index (χ0v) is 15.1. The quantitative estimate of drug-likeness (QED) is 0.548. The van der Waals surface area contributed by atoms with Crippen molar-refractivity contribution in [2.75, 3.05) is 31.7 Å². The average Bonchev–Trinajstić information content (AvgIpc) is 2.57. The number of rotatable bonds is 8. The number of nitrogens with two attached hydrogens (primary N) is 2. The number of halogens is 1. The summed E-state index contributed by atoms with van der Waals surface area (Å²) in [5.41, 5.74) is 13.8. The molecule has 0 aromatic heterocycles. The van der Waals surface area contributed by atoms with E-state index in [1.54, 1.807) is 13.2 Å². The maximum absolute atomic E-state index is 6.30. The molecule has 0 atom stereocenters. The molecule has 0 unspecified atom stereocenters. The van der Waals surface area contributed by atoms with Gasteiger partial charge in [-0.25, -0.2) is 0 Å². The van der Waals surface area contributed by atoms with E-state index in [9.17, 15) is 0 Å². The molecule has 0 amide bonds. The summed E-state index contributed by atoms with van der Waals surface area (Å²) in [5, 5.41) is 0.546. The molecular formula is C18H26ClN3O2. The second-order valence-electron chi connectivity index (χ2n) is 5.78. The number of anilines is 2. The van der Waals surface area contributed by atoms with Gasteiger partial charge in [-0.2, -0.15) is 0 Å². The number of hydrogen-bond donors (Lipinski definition) is 2. The summed E-state index contributed by atoms with van der Waals surface area (Å²) < 4.78 is 11.0. The van der Waals surface area contributed by atoms with Gasteiger partial charge in [0.2, 0.25) is 0 Å². The highest BCUT2D eigenvalue weighted by Gasteiger charge is 2.16. The molecule has 0 bridgehead atoms. The summed E-state index contributed by atoms with van der Waals surface area (Å²) in [4.78, 5) is 2.10. The molecule has 0 spiro atoms. The van der Waals surface area contributed by atoms with E-state index < -0.39 is 0 Å². The van der Waals surface area contributed by atoms with Crippen LogP contribution in [0.4, 0.5) is 11.4 Å². The lowest BCUT2D eigenvalue weighted by molar-refractivity contribution is 0.211. The molecule has 6 heteroatoms. The third-order valence-corrected chi connectivity index (χ3v) is 4.30. The molecule has 0 radical (unpaired) electrons. The Hall–Kier alpha value is -2.01. The first-order valence-corrected chi connectivity index (χ1v) is 8.60. The Bertz CT molecular complexity index is 629. The molecule has 0 saturated heterocycles. The minimum atomic E-state index is 0.445. The summed E-state index contributed by atoms with van der Waals surface area (Å²) in [6, 6.07) is 1.68. The molecule has 0 saturated carbocycles. The van der Waals surface area contributed by atoms with Crippen LogP contribution in [-0.4, -0.2) is 25.2 Å². The van der Waals surface area contributed by atoms with Crippen molar-refractivity contribution in [1.29, 1.82) is 0 Å². The maximum atomic E-state index is 6.30. The Morgan fingerprint density at radius 1 is 1.29 bits per heavy atom. The smallest absolute Gasteiger partial charge is 0.165 e. The van der Waals surface area contributed by atoms with Crippen LogP contribution in [0, 0.1) is 0 Å². The van der Waals surface area contributed by atoms with Gasteiger partial charge in [0.15, 0.2) is 5.75 Å². The van der Waals surface area contributed by atoms with E-state index >= 15 is 0 Å². The number of hydrogen-bond acceptors (Lipinski definition) is 5. The molecule has 1 aliphatic heterocycles. The number of nitrogen functional groups attached to an aromatic ring is 2. The third kappa shape index (κ3) is 4.51. The minimum absolute atomic E-state index is 0.445. The number of methoxy groups -OCH3 is 1. The SMILES string of the molecule is CCCCCOC1=CCN(Cc2c(Cl)cc(N)c(OC)c2N)C=C1. The Morgan fingerprint density at radius 2 is 2.08 bits per heavy atom. The van der Waals surface area contributed by atoms with Gasteiger partial charge in [0, 0.05) is 29.9 Å². The van der Waals surface area contributed by atoms with Crippen LogP contribution in [0.5, 0.6) is 5.75 Å². The van der Waals surface area contributed by atoms with Crippen LogP contribution in [0.2, 0.25) is 5.02 Å². The van der Waals surface area contributed by atoms with Crippen molar-refractivity contribution >= 4 is 23.0 Å². The van der Waals surface area contributed by atoms with Crippen molar-refractivity contribution in [3.8, 4) is 5.75 Å². The van der Waals surface area contributed by atoms with E-state index in [0.717, 1.165) is 30.9 Å². The number of ether oxygens (including phenoxy) is 2. The molecule has 0 aliphatic carbocycles. The van der Waals surface area contributed by atoms with Crippen molar-refractivity contribution < 1.29 is 9.47 Å². The first-order chi connectivity index (χ1) is 11.6. The molecule has 132 valence electrons. The highest BCUT2D eigenvalue weighted by atomic mass is 35.5. The zero-order chi connectivity index (χ0) is 17.5. The number of unbranched alkanes of at least 4 members (excludes halogenated alkanes) is 2. The molecule has 1 aromatic carbocycles. The molecule has 1 heterocycles. The van der Waals surface area contributed by atoms with Crippen molar-refractivity contribution in [3.63, 3.8) is 0 Å². The van der Waals surface area contributed by atoms with Gasteiger partial charge in [-0.15, -0.1) is 0 Å². The molecule has 0 fully saturated rings. The first-order valence-electron chi connectivity index (χ1n) is 8.22. The predicted molar refractivity (Wildman–Crippen MR) is 99.9 cm³/mol. The summed E-state index contributed by atoms with van der Waals surface area (Å²) in [5.74, 6) is 1.39. The highest BCUT2D eigenvalue weighted by Crippen LogP contribution is 2.37. The number of benzene rings is 1. The summed E-state index contributed by atoms with van der Waals surface area (Å²) in [7, 11) is 1.55. The molecular weight excluding hydrogens is 326 g/mol. The Morgan fingerprint density at radius 3 is 2.71 bits per heavy atom. The van der Waals surface area contributed by atoms with Gasteiger partial charge in [-0.3, -0.25) is 0 Å². The van der Waals surface area contributed by atoms with Crippen LogP contribution in [0.15, 0.2) is 30.2 Å². The van der Waals surface area contributed by atoms with Gasteiger partial charge in [-0.05, 0) is 24.6 Å². The van der Waals surface area contributed by atoms with Crippen molar-refractivity contribution in [1.82, 2.24) is 4.90 Å². The number of allylic oxidation sites excluding steroid dienone is 1. The maximum Gasteiger partial charge on any atom is 0.165 e. The third-order valence-electron chi connectivity index (χ3n) is 3.96. The monoisotopic (exact) mass is 351 g/mol. The van der Waals surface area contributed by atoms with Crippen LogP contribution >= 0.6 is 11.6 Å². The van der Waals surface area contributed by atoms with E-state index in [4.69, 9.17) is 32.5 Å². The van der Waals surface area contributed by atoms with Crippen LogP contribution in [-0.2, 0) is 11.3 Å². The fraction of sp³-hybridized carbons (Fsp3) is 0.444. The van der Waals surface area contributed by atoms with Crippen molar-refractivity contribution in [2.24, 2.45) is 0 Å². The summed E-state index contributed by atoms with van der Waals surface area (Å²) in [6.07, 6.45) is 9.49. The van der Waals surface area contributed by atoms with Gasteiger partial charge in [0.25, 0.3) is 0 Å². The standard InChI is InChI=1S/C18H26ClN3O2/c1-3-4-5-10-24-13-6-8-22(9-7-13)12-14-15(19)11-16(20)18(23-2)17(14)21/h6-8,11H,3-5,9-10,12,20-21H2,1-2H3. The molecule has 1 aliphatic rings. The molecule has 4 N–H and O–H groups in total. The topological polar surface area (TPSA) is 73.7 Å². The van der Waals surface area contributed by atoms with E-state index in [0.29, 0.717) is 28.7 Å². The van der Waals surface area contributed by atoms with Crippen molar-refractivity contribution in [2.45, 2.75) is 32.7 Å². The lowest BCUT2D eigenvalue weighted by Gasteiger charge is -2.25. The predicted octanol–water partition coefficient (Wildman–Crippen LogP) is 3.93. The van der Waals surface area contributed by atoms with Crippen LogP contribution in [0.3, 0.4) is 0 Å². The van der Waals surface area contributed by atoms with Crippen LogP contribution < -0.4 is 16.2 Å². The van der Waals surface area contributed by atoms with Crippen LogP contribution in [0.1, 0.15) is 31.7 Å². The number of nitrogens with zero attached hydrogens (tertiary/aromatic N) is 1. The van der Waals surface area contributed by atoms with Gasteiger partial charge < -0.3 is 25.8 Å². The molecule has 24 heavy (non-hydrogen) atoms. The van der Waals surface area contributed by atoms with E-state index in [1.807, 2.05) is 12.3 Å². The Labute approximate surface area is 148 Å². The molecule has 5 nitrogen and oxygen atoms in total. The fourth-order valence-electron chi connectivity index (χ4n) is 2.58. The van der Waals surface area contributed by atoms with E-state index in [2.05, 4.69) is 17.9 Å². The second kappa shape index (κ2) is 8.73. The first kappa shape index (κ1) is 18.3. The van der Waals surface area contributed by atoms with Gasteiger partial charge in [0.05, 0.1) is 25.1 Å². The van der Waals surface area contributed by atoms with Gasteiger partial charge in [0.1, 0.15) is 5.76 Å². The second-order valence-corrected chi connectivity index (χ2v) is 6.19.